The molecule has 82 valence electrons. The number of methoxy groups -OCH3 is 1. The molecule has 0 aliphatic rings. The lowest BCUT2D eigenvalue weighted by Gasteiger charge is -2.21. The van der Waals surface area contributed by atoms with Crippen molar-refractivity contribution in [2.24, 2.45) is 11.7 Å². The van der Waals surface area contributed by atoms with E-state index < -0.39 is 6.04 Å². The average Bonchev–Trinajstić information content (AvgIpc) is 2.14. The van der Waals surface area contributed by atoms with Crippen LogP contribution >= 0.6 is 0 Å². The van der Waals surface area contributed by atoms with Gasteiger partial charge in [0.1, 0.15) is 0 Å². The van der Waals surface area contributed by atoms with E-state index in [0.29, 0.717) is 6.54 Å². The molecule has 0 aromatic carbocycles. The maximum absolute atomic E-state index is 11.3. The van der Waals surface area contributed by atoms with Crippen molar-refractivity contribution in [3.05, 3.63) is 0 Å². The summed E-state index contributed by atoms with van der Waals surface area (Å²) in [5.41, 5.74) is 5.41. The van der Waals surface area contributed by atoms with Crippen molar-refractivity contribution in [1.82, 2.24) is 4.90 Å². The van der Waals surface area contributed by atoms with Crippen molar-refractivity contribution in [2.45, 2.75) is 19.9 Å². The highest BCUT2D eigenvalue weighted by atomic mass is 16.5. The van der Waals surface area contributed by atoms with Gasteiger partial charge in [-0.25, -0.2) is 0 Å². The predicted molar refractivity (Wildman–Crippen MR) is 52.5 cm³/mol. The Morgan fingerprint density at radius 2 is 1.93 bits per heavy atom. The van der Waals surface area contributed by atoms with E-state index in [1.807, 2.05) is 0 Å². The maximum Gasteiger partial charge on any atom is 0.310 e. The molecule has 0 aliphatic carbocycles. The van der Waals surface area contributed by atoms with Crippen molar-refractivity contribution < 1.29 is 14.3 Å². The minimum Gasteiger partial charge on any atom is -0.469 e. The minimum absolute atomic E-state index is 0.180. The number of carbonyl (C=O) groups excluding carboxylic acids is 2. The van der Waals surface area contributed by atoms with Crippen LogP contribution < -0.4 is 5.73 Å². The van der Waals surface area contributed by atoms with Gasteiger partial charge < -0.3 is 15.4 Å². The van der Waals surface area contributed by atoms with Crippen LogP contribution in [0, 0.1) is 5.92 Å². The summed E-state index contributed by atoms with van der Waals surface area (Å²) in [6.45, 7) is 3.64. The molecule has 2 N–H and O–H groups in total. The lowest BCUT2D eigenvalue weighted by Crippen LogP contribution is -2.42. The topological polar surface area (TPSA) is 72.6 Å². The molecule has 0 aliphatic heterocycles. The van der Waals surface area contributed by atoms with Crippen LogP contribution in [0.15, 0.2) is 0 Å². The first kappa shape index (κ1) is 12.9. The fraction of sp³-hybridized carbons (Fsp3) is 0.778. The molecule has 5 heteroatoms. The Balaban J connectivity index is 4.12. The van der Waals surface area contributed by atoms with Crippen LogP contribution in [0.3, 0.4) is 0 Å². The summed E-state index contributed by atoms with van der Waals surface area (Å²) in [6, 6.07) is -0.537. The summed E-state index contributed by atoms with van der Waals surface area (Å²) in [7, 11) is 2.94. The Labute approximate surface area is 84.2 Å². The quantitative estimate of drug-likeness (QED) is 0.630. The number of amides is 1. The van der Waals surface area contributed by atoms with E-state index >= 15 is 0 Å². The molecule has 14 heavy (non-hydrogen) atoms. The lowest BCUT2D eigenvalue weighted by molar-refractivity contribution is -0.146. The number of hydrogen-bond acceptors (Lipinski definition) is 4. The zero-order chi connectivity index (χ0) is 11.3. The lowest BCUT2D eigenvalue weighted by atomic mass is 10.1. The monoisotopic (exact) mass is 202 g/mol. The van der Waals surface area contributed by atoms with Gasteiger partial charge in [-0.2, -0.15) is 0 Å². The third-order valence-electron chi connectivity index (χ3n) is 1.92. The van der Waals surface area contributed by atoms with Gasteiger partial charge in [0, 0.05) is 13.6 Å². The van der Waals surface area contributed by atoms with E-state index in [4.69, 9.17) is 5.73 Å². The molecule has 0 bridgehead atoms. The second-order valence-electron chi connectivity index (χ2n) is 3.43. The minimum atomic E-state index is -0.537. The Morgan fingerprint density at radius 3 is 2.29 bits per heavy atom. The number of likely N-dealkylation sites (N-methyl/N-ethyl adjacent to an activating group) is 1. The zero-order valence-electron chi connectivity index (χ0n) is 9.11. The number of nitrogens with zero attached hydrogens (tertiary/aromatic N) is 1. The molecule has 0 radical (unpaired) electrons. The normalized spacial score (nSPS) is 14.4. The summed E-state index contributed by atoms with van der Waals surface area (Å²) >= 11 is 0. The van der Waals surface area contributed by atoms with Crippen LogP contribution in [0.5, 0.6) is 0 Å². The molecule has 0 saturated heterocycles. The Hall–Kier alpha value is -1.10. The molecular weight excluding hydrogens is 184 g/mol. The van der Waals surface area contributed by atoms with Gasteiger partial charge in [-0.15, -0.1) is 0 Å². The highest BCUT2D eigenvalue weighted by Gasteiger charge is 2.20. The van der Waals surface area contributed by atoms with Gasteiger partial charge in [-0.1, -0.05) is 6.92 Å². The second-order valence-corrected chi connectivity index (χ2v) is 3.43. The summed E-state index contributed by atoms with van der Waals surface area (Å²) in [5.74, 6) is -0.831. The number of rotatable bonds is 4. The summed E-state index contributed by atoms with van der Waals surface area (Å²) in [6.07, 6.45) is 0. The highest BCUT2D eigenvalue weighted by molar-refractivity contribution is 5.81. The first-order valence-corrected chi connectivity index (χ1v) is 4.48. The van der Waals surface area contributed by atoms with E-state index in [-0.39, 0.29) is 17.8 Å². The van der Waals surface area contributed by atoms with Gasteiger partial charge in [-0.3, -0.25) is 9.59 Å². The van der Waals surface area contributed by atoms with E-state index in [0.717, 1.165) is 0 Å². The smallest absolute Gasteiger partial charge is 0.310 e. The van der Waals surface area contributed by atoms with Gasteiger partial charge >= 0.3 is 5.97 Å². The molecular formula is C9H18N2O3. The fourth-order valence-electron chi connectivity index (χ4n) is 1.12. The van der Waals surface area contributed by atoms with Crippen molar-refractivity contribution in [3.63, 3.8) is 0 Å². The molecule has 0 aromatic heterocycles. The third kappa shape index (κ3) is 3.74. The van der Waals surface area contributed by atoms with Crippen LogP contribution in [0.4, 0.5) is 0 Å². The summed E-state index contributed by atoms with van der Waals surface area (Å²) in [5, 5.41) is 0. The third-order valence-corrected chi connectivity index (χ3v) is 1.92. The maximum atomic E-state index is 11.3. The number of hydrogen-bond donors (Lipinski definition) is 1. The van der Waals surface area contributed by atoms with Gasteiger partial charge in [0.05, 0.1) is 19.1 Å². The number of nitrogens with two attached hydrogens (primary N) is 1. The largest absolute Gasteiger partial charge is 0.469 e. The Kier molecular flexibility index (Phi) is 5.15. The molecule has 1 amide bonds. The number of ether oxygens (including phenoxy) is 1. The molecule has 0 heterocycles. The van der Waals surface area contributed by atoms with Gasteiger partial charge in [0.2, 0.25) is 5.91 Å². The first-order chi connectivity index (χ1) is 6.40. The Morgan fingerprint density at radius 1 is 1.43 bits per heavy atom. The van der Waals surface area contributed by atoms with Gasteiger partial charge in [0.25, 0.3) is 0 Å². The molecule has 0 saturated carbocycles. The second kappa shape index (κ2) is 5.59. The van der Waals surface area contributed by atoms with Crippen LogP contribution in [-0.4, -0.2) is 43.5 Å². The van der Waals surface area contributed by atoms with Gasteiger partial charge in [0.15, 0.2) is 0 Å². The fourth-order valence-corrected chi connectivity index (χ4v) is 1.12. The Bertz CT molecular complexity index is 216. The summed E-state index contributed by atoms with van der Waals surface area (Å²) < 4.78 is 4.54. The SMILES string of the molecule is COC(=O)C(C)CN(C)C(=O)[C@@H](C)N. The zero-order valence-corrected chi connectivity index (χ0v) is 9.11. The standard InChI is InChI=1S/C9H18N2O3/c1-6(9(13)14-4)5-11(3)8(12)7(2)10/h6-7H,5,10H2,1-4H3/t6?,7-/m1/s1. The molecule has 0 aromatic rings. The molecule has 2 atom stereocenters. The predicted octanol–water partition coefficient (Wildman–Crippen LogP) is -0.399. The molecule has 1 unspecified atom stereocenters. The van der Waals surface area contributed by atoms with E-state index in [1.54, 1.807) is 20.9 Å². The molecule has 0 spiro atoms. The number of carbonyl (C=O) groups is 2. The van der Waals surface area contributed by atoms with Crippen LogP contribution in [0.25, 0.3) is 0 Å². The highest BCUT2D eigenvalue weighted by Crippen LogP contribution is 2.01. The first-order valence-electron chi connectivity index (χ1n) is 4.48. The van der Waals surface area contributed by atoms with E-state index in [9.17, 15) is 9.59 Å². The summed E-state index contributed by atoms with van der Waals surface area (Å²) in [4.78, 5) is 23.8. The van der Waals surface area contributed by atoms with E-state index in [2.05, 4.69) is 4.74 Å². The molecule has 0 rings (SSSR count). The molecule has 5 nitrogen and oxygen atoms in total. The van der Waals surface area contributed by atoms with Gasteiger partial charge in [-0.05, 0) is 6.92 Å². The van der Waals surface area contributed by atoms with E-state index in [1.165, 1.54) is 12.0 Å². The average molecular weight is 202 g/mol. The van der Waals surface area contributed by atoms with Crippen molar-refractivity contribution in [1.29, 1.82) is 0 Å². The van der Waals surface area contributed by atoms with Crippen molar-refractivity contribution in [2.75, 3.05) is 20.7 Å². The van der Waals surface area contributed by atoms with Crippen molar-refractivity contribution in [3.8, 4) is 0 Å². The van der Waals surface area contributed by atoms with Crippen LogP contribution in [0.2, 0.25) is 0 Å². The van der Waals surface area contributed by atoms with Crippen LogP contribution in [0.1, 0.15) is 13.8 Å². The van der Waals surface area contributed by atoms with Crippen molar-refractivity contribution >= 4 is 11.9 Å². The number of esters is 1. The molecule has 0 fully saturated rings. The van der Waals surface area contributed by atoms with Crippen LogP contribution in [-0.2, 0) is 14.3 Å².